The van der Waals surface area contributed by atoms with Crippen molar-refractivity contribution in [3.63, 3.8) is 0 Å². The van der Waals surface area contributed by atoms with Crippen molar-refractivity contribution in [2.45, 2.75) is 20.0 Å². The summed E-state index contributed by atoms with van der Waals surface area (Å²) in [4.78, 5) is 0. The van der Waals surface area contributed by atoms with Crippen molar-refractivity contribution in [1.82, 2.24) is 0 Å². The summed E-state index contributed by atoms with van der Waals surface area (Å²) in [6, 6.07) is 7.47. The molecular weight excluding hydrogens is 176 g/mol. The predicted octanol–water partition coefficient (Wildman–Crippen LogP) is 2.69. The zero-order valence-corrected chi connectivity index (χ0v) is 8.60. The Hall–Kier alpha value is -1.28. The normalized spacial score (nSPS) is 13.1. The predicted molar refractivity (Wildman–Crippen MR) is 57.4 cm³/mol. The highest BCUT2D eigenvalue weighted by Gasteiger charge is 1.99. The Morgan fingerprint density at radius 2 is 2.00 bits per heavy atom. The number of allylic oxidation sites excluding steroid dienone is 1. The Morgan fingerprint density at radius 1 is 1.36 bits per heavy atom. The summed E-state index contributed by atoms with van der Waals surface area (Å²) < 4.78 is 5.41. The molecule has 0 radical (unpaired) electrons. The summed E-state index contributed by atoms with van der Waals surface area (Å²) in [5.41, 5.74) is 0.906. The van der Waals surface area contributed by atoms with Crippen LogP contribution >= 0.6 is 0 Å². The third-order valence-corrected chi connectivity index (χ3v) is 1.94. The van der Waals surface area contributed by atoms with Gasteiger partial charge in [-0.2, -0.15) is 0 Å². The summed E-state index contributed by atoms with van der Waals surface area (Å²) in [5, 5.41) is 9.28. The zero-order chi connectivity index (χ0) is 10.4. The van der Waals surface area contributed by atoms with E-state index in [4.69, 9.17) is 4.74 Å². The number of aliphatic hydroxyl groups excluding tert-OH is 1. The molecule has 0 spiro atoms. The van der Waals surface area contributed by atoms with E-state index in [2.05, 4.69) is 0 Å². The molecule has 0 aliphatic heterocycles. The molecule has 1 aromatic carbocycles. The van der Waals surface area contributed by atoms with Crippen molar-refractivity contribution in [3.8, 4) is 5.75 Å². The van der Waals surface area contributed by atoms with Crippen LogP contribution in [-0.2, 0) is 0 Å². The van der Waals surface area contributed by atoms with E-state index in [-0.39, 0.29) is 0 Å². The minimum absolute atomic E-state index is 0.417. The molecule has 0 bridgehead atoms. The monoisotopic (exact) mass is 192 g/mol. The van der Waals surface area contributed by atoms with E-state index < -0.39 is 6.10 Å². The Kier molecular flexibility index (Phi) is 4.20. The average Bonchev–Trinajstić information content (AvgIpc) is 2.19. The maximum Gasteiger partial charge on any atom is 0.119 e. The van der Waals surface area contributed by atoms with Gasteiger partial charge in [-0.25, -0.2) is 0 Å². The molecule has 76 valence electrons. The number of rotatable bonds is 4. The summed E-state index contributed by atoms with van der Waals surface area (Å²) in [6.07, 6.45) is 3.48. The van der Waals surface area contributed by atoms with E-state index >= 15 is 0 Å². The third kappa shape index (κ3) is 3.23. The molecule has 2 nitrogen and oxygen atoms in total. The van der Waals surface area contributed by atoms with E-state index in [1.54, 1.807) is 6.92 Å². The van der Waals surface area contributed by atoms with E-state index in [0.29, 0.717) is 6.61 Å². The molecule has 0 aliphatic rings. The number of ether oxygens (including phenoxy) is 1. The molecule has 1 atom stereocenters. The molecule has 14 heavy (non-hydrogen) atoms. The van der Waals surface area contributed by atoms with Gasteiger partial charge in [0.05, 0.1) is 6.10 Å². The van der Waals surface area contributed by atoms with Gasteiger partial charge in [0.1, 0.15) is 12.4 Å². The van der Waals surface area contributed by atoms with Gasteiger partial charge >= 0.3 is 0 Å². The molecule has 1 aromatic rings. The molecule has 0 aliphatic carbocycles. The molecule has 0 fully saturated rings. The van der Waals surface area contributed by atoms with Crippen LogP contribution in [0.15, 0.2) is 36.4 Å². The second-order valence-electron chi connectivity index (χ2n) is 3.13. The van der Waals surface area contributed by atoms with Crippen molar-refractivity contribution >= 4 is 0 Å². The molecule has 1 N–H and O–H groups in total. The van der Waals surface area contributed by atoms with Crippen LogP contribution in [0.5, 0.6) is 5.75 Å². The van der Waals surface area contributed by atoms with Crippen LogP contribution in [0, 0.1) is 0 Å². The molecule has 2 heteroatoms. The lowest BCUT2D eigenvalue weighted by molar-refractivity contribution is 0.199. The van der Waals surface area contributed by atoms with Gasteiger partial charge in [-0.15, -0.1) is 0 Å². The van der Waals surface area contributed by atoms with Gasteiger partial charge in [0.2, 0.25) is 0 Å². The van der Waals surface area contributed by atoms with Gasteiger partial charge in [0.15, 0.2) is 0 Å². The van der Waals surface area contributed by atoms with Crippen molar-refractivity contribution in [2.75, 3.05) is 6.61 Å². The third-order valence-electron chi connectivity index (χ3n) is 1.94. The van der Waals surface area contributed by atoms with Gasteiger partial charge in [0.25, 0.3) is 0 Å². The number of aliphatic hydroxyl groups is 1. The average molecular weight is 192 g/mol. The van der Waals surface area contributed by atoms with Crippen LogP contribution in [0.2, 0.25) is 0 Å². The van der Waals surface area contributed by atoms with Crippen molar-refractivity contribution in [2.24, 2.45) is 0 Å². The largest absolute Gasteiger partial charge is 0.490 e. The molecule has 0 amide bonds. The van der Waals surface area contributed by atoms with Crippen LogP contribution < -0.4 is 4.74 Å². The summed E-state index contributed by atoms with van der Waals surface area (Å²) >= 11 is 0. The lowest BCUT2D eigenvalue weighted by atomic mass is 10.1. The van der Waals surface area contributed by atoms with Gasteiger partial charge in [-0.1, -0.05) is 24.3 Å². The SMILES string of the molecule is CC=CCOc1ccc([C@@H](C)O)cc1. The fourth-order valence-corrected chi connectivity index (χ4v) is 1.08. The Balaban J connectivity index is 2.55. The highest BCUT2D eigenvalue weighted by molar-refractivity contribution is 5.28. The number of benzene rings is 1. The van der Waals surface area contributed by atoms with E-state index in [9.17, 15) is 5.11 Å². The molecule has 0 aromatic heterocycles. The van der Waals surface area contributed by atoms with Crippen LogP contribution in [0.3, 0.4) is 0 Å². The molecule has 0 unspecified atom stereocenters. The van der Waals surface area contributed by atoms with Gasteiger partial charge in [-0.05, 0) is 31.5 Å². The summed E-state index contributed by atoms with van der Waals surface area (Å²) in [5.74, 6) is 0.826. The smallest absolute Gasteiger partial charge is 0.119 e. The molecule has 0 heterocycles. The second kappa shape index (κ2) is 5.45. The molecular formula is C12H16O2. The molecule has 1 rings (SSSR count). The topological polar surface area (TPSA) is 29.5 Å². The van der Waals surface area contributed by atoms with Crippen molar-refractivity contribution in [3.05, 3.63) is 42.0 Å². The maximum atomic E-state index is 9.28. The first-order valence-electron chi connectivity index (χ1n) is 4.76. The second-order valence-corrected chi connectivity index (χ2v) is 3.13. The Morgan fingerprint density at radius 3 is 2.50 bits per heavy atom. The van der Waals surface area contributed by atoms with Crippen molar-refractivity contribution < 1.29 is 9.84 Å². The number of hydrogen-bond acceptors (Lipinski definition) is 2. The Bertz CT molecular complexity index is 286. The maximum absolute atomic E-state index is 9.28. The highest BCUT2D eigenvalue weighted by Crippen LogP contribution is 2.16. The minimum atomic E-state index is -0.417. The van der Waals surface area contributed by atoms with E-state index in [0.717, 1.165) is 11.3 Å². The first-order valence-corrected chi connectivity index (χ1v) is 4.76. The van der Waals surface area contributed by atoms with E-state index in [1.165, 1.54) is 0 Å². The van der Waals surface area contributed by atoms with Crippen molar-refractivity contribution in [1.29, 1.82) is 0 Å². The Labute approximate surface area is 84.8 Å². The summed E-state index contributed by atoms with van der Waals surface area (Å²) in [6.45, 7) is 4.29. The number of hydrogen-bond donors (Lipinski definition) is 1. The fraction of sp³-hybridized carbons (Fsp3) is 0.333. The van der Waals surface area contributed by atoms with Gasteiger partial charge < -0.3 is 9.84 Å². The van der Waals surface area contributed by atoms with E-state index in [1.807, 2.05) is 43.3 Å². The lowest BCUT2D eigenvalue weighted by Gasteiger charge is -2.06. The molecule has 0 saturated carbocycles. The lowest BCUT2D eigenvalue weighted by Crippen LogP contribution is -1.94. The minimum Gasteiger partial charge on any atom is -0.490 e. The fourth-order valence-electron chi connectivity index (χ4n) is 1.08. The van der Waals surface area contributed by atoms with Crippen LogP contribution in [0.25, 0.3) is 0 Å². The molecule has 0 saturated heterocycles. The standard InChI is InChI=1S/C12H16O2/c1-3-4-9-14-12-7-5-11(6-8-12)10(2)13/h3-8,10,13H,9H2,1-2H3/t10-/m1/s1. The van der Waals surface area contributed by atoms with Crippen LogP contribution in [-0.4, -0.2) is 11.7 Å². The quantitative estimate of drug-likeness (QED) is 0.743. The first kappa shape index (κ1) is 10.8. The highest BCUT2D eigenvalue weighted by atomic mass is 16.5. The van der Waals surface area contributed by atoms with Gasteiger partial charge in [0, 0.05) is 0 Å². The zero-order valence-electron chi connectivity index (χ0n) is 8.60. The first-order chi connectivity index (χ1) is 6.74. The summed E-state index contributed by atoms with van der Waals surface area (Å²) in [7, 11) is 0. The van der Waals surface area contributed by atoms with Gasteiger partial charge in [-0.3, -0.25) is 0 Å². The van der Waals surface area contributed by atoms with Crippen LogP contribution in [0.4, 0.5) is 0 Å². The van der Waals surface area contributed by atoms with Crippen LogP contribution in [0.1, 0.15) is 25.5 Å².